The topological polar surface area (TPSA) is 101 Å². The van der Waals surface area contributed by atoms with Crippen molar-refractivity contribution in [3.05, 3.63) is 33.4 Å². The van der Waals surface area contributed by atoms with Crippen LogP contribution in [0.5, 0.6) is 0 Å². The second-order valence-corrected chi connectivity index (χ2v) is 6.28. The van der Waals surface area contributed by atoms with Gasteiger partial charge in [-0.05, 0) is 40.3 Å². The lowest BCUT2D eigenvalue weighted by Gasteiger charge is -2.24. The molecule has 1 unspecified atom stereocenters. The van der Waals surface area contributed by atoms with Crippen molar-refractivity contribution in [1.29, 1.82) is 0 Å². The highest BCUT2D eigenvalue weighted by atomic mass is 127. The zero-order valence-electron chi connectivity index (χ0n) is 11.2. The van der Waals surface area contributed by atoms with E-state index in [0.717, 1.165) is 9.13 Å². The fourth-order valence-corrected chi connectivity index (χ4v) is 2.76. The number of primary amides is 1. The van der Waals surface area contributed by atoms with Crippen molar-refractivity contribution in [2.24, 2.45) is 11.7 Å². The molecule has 2 rings (SSSR count). The van der Waals surface area contributed by atoms with Gasteiger partial charge in [0.2, 0.25) is 11.8 Å². The second kappa shape index (κ2) is 6.42. The van der Waals surface area contributed by atoms with E-state index in [4.69, 9.17) is 5.73 Å². The number of halogens is 1. The summed E-state index contributed by atoms with van der Waals surface area (Å²) in [5.41, 5.74) is 6.03. The number of carboxylic acids is 1. The van der Waals surface area contributed by atoms with Gasteiger partial charge in [0.15, 0.2) is 0 Å². The number of aliphatic carboxylic acids is 1. The Bertz CT molecular complexity index is 573. The minimum Gasteiger partial charge on any atom is -0.480 e. The molecule has 112 valence electrons. The molecule has 1 saturated heterocycles. The molecule has 2 atom stereocenters. The van der Waals surface area contributed by atoms with Gasteiger partial charge in [-0.2, -0.15) is 0 Å². The lowest BCUT2D eigenvalue weighted by molar-refractivity contribution is -0.148. The van der Waals surface area contributed by atoms with Crippen LogP contribution in [0.3, 0.4) is 0 Å². The predicted octanol–water partition coefficient (Wildman–Crippen LogP) is 0.621. The first-order valence-corrected chi connectivity index (χ1v) is 7.52. The van der Waals surface area contributed by atoms with Gasteiger partial charge in [-0.1, -0.05) is 12.1 Å². The van der Waals surface area contributed by atoms with E-state index in [1.165, 1.54) is 4.90 Å². The van der Waals surface area contributed by atoms with Gasteiger partial charge in [0, 0.05) is 23.0 Å². The number of carbonyl (C=O) groups excluding carboxylic acids is 2. The summed E-state index contributed by atoms with van der Waals surface area (Å²) in [6.07, 6.45) is 0.204. The normalized spacial score (nSPS) is 19.6. The highest BCUT2D eigenvalue weighted by molar-refractivity contribution is 14.1. The molecule has 0 aliphatic carbocycles. The SMILES string of the molecule is NC(=O)C1CC(=O)N([C@@H](Cc2ccc(I)cc2)C(=O)O)C1. The molecule has 6 nitrogen and oxygen atoms in total. The van der Waals surface area contributed by atoms with Crippen LogP contribution in [0.2, 0.25) is 0 Å². The third-order valence-electron chi connectivity index (χ3n) is 3.56. The summed E-state index contributed by atoms with van der Waals surface area (Å²) in [4.78, 5) is 35.8. The molecule has 3 N–H and O–H groups in total. The number of hydrogen-bond acceptors (Lipinski definition) is 3. The summed E-state index contributed by atoms with van der Waals surface area (Å²) in [6, 6.07) is 6.47. The maximum Gasteiger partial charge on any atom is 0.326 e. The van der Waals surface area contributed by atoms with Gasteiger partial charge in [-0.15, -0.1) is 0 Å². The molecule has 1 aliphatic heterocycles. The Labute approximate surface area is 135 Å². The third-order valence-corrected chi connectivity index (χ3v) is 4.28. The first-order valence-electron chi connectivity index (χ1n) is 6.44. The van der Waals surface area contributed by atoms with Crippen molar-refractivity contribution in [3.63, 3.8) is 0 Å². The number of hydrogen-bond donors (Lipinski definition) is 2. The van der Waals surface area contributed by atoms with Crippen molar-refractivity contribution in [1.82, 2.24) is 4.90 Å². The molecule has 0 spiro atoms. The van der Waals surface area contributed by atoms with Gasteiger partial charge in [0.25, 0.3) is 0 Å². The van der Waals surface area contributed by atoms with Crippen LogP contribution in [0.1, 0.15) is 12.0 Å². The third kappa shape index (κ3) is 3.72. The fourth-order valence-electron chi connectivity index (χ4n) is 2.40. The number of carbonyl (C=O) groups is 3. The van der Waals surface area contributed by atoms with Crippen molar-refractivity contribution in [2.45, 2.75) is 18.9 Å². The minimum absolute atomic E-state index is 0.00813. The lowest BCUT2D eigenvalue weighted by Crippen LogP contribution is -2.44. The van der Waals surface area contributed by atoms with E-state index in [-0.39, 0.29) is 25.3 Å². The maximum atomic E-state index is 11.9. The van der Waals surface area contributed by atoms with E-state index < -0.39 is 23.8 Å². The van der Waals surface area contributed by atoms with Crippen LogP contribution in [0.4, 0.5) is 0 Å². The Morgan fingerprint density at radius 1 is 1.38 bits per heavy atom. The van der Waals surface area contributed by atoms with Gasteiger partial charge >= 0.3 is 5.97 Å². The molecule has 0 bridgehead atoms. The van der Waals surface area contributed by atoms with Crippen LogP contribution in [0, 0.1) is 9.49 Å². The van der Waals surface area contributed by atoms with Crippen LogP contribution in [0.25, 0.3) is 0 Å². The van der Waals surface area contributed by atoms with E-state index in [1.807, 2.05) is 24.3 Å². The number of amides is 2. The number of nitrogens with two attached hydrogens (primary N) is 1. The van der Waals surface area contributed by atoms with Crippen LogP contribution in [-0.4, -0.2) is 40.4 Å². The van der Waals surface area contributed by atoms with Gasteiger partial charge in [0.05, 0.1) is 5.92 Å². The van der Waals surface area contributed by atoms with Crippen LogP contribution in [-0.2, 0) is 20.8 Å². The first-order chi connectivity index (χ1) is 9.88. The number of rotatable bonds is 5. The summed E-state index contributed by atoms with van der Waals surface area (Å²) in [5.74, 6) is -2.58. The molecule has 21 heavy (non-hydrogen) atoms. The molecule has 2 amide bonds. The van der Waals surface area contributed by atoms with Gasteiger partial charge < -0.3 is 15.7 Å². The average Bonchev–Trinajstić information content (AvgIpc) is 2.80. The van der Waals surface area contributed by atoms with Gasteiger partial charge in [-0.3, -0.25) is 9.59 Å². The van der Waals surface area contributed by atoms with Crippen LogP contribution >= 0.6 is 22.6 Å². The Balaban J connectivity index is 2.16. The van der Waals surface area contributed by atoms with Crippen LogP contribution in [0.15, 0.2) is 24.3 Å². The summed E-state index contributed by atoms with van der Waals surface area (Å²) in [7, 11) is 0. The zero-order chi connectivity index (χ0) is 15.6. The maximum absolute atomic E-state index is 11.9. The highest BCUT2D eigenvalue weighted by Gasteiger charge is 2.39. The van der Waals surface area contributed by atoms with Crippen molar-refractivity contribution < 1.29 is 19.5 Å². The second-order valence-electron chi connectivity index (χ2n) is 5.03. The van der Waals surface area contributed by atoms with E-state index in [9.17, 15) is 19.5 Å². The summed E-state index contributed by atoms with van der Waals surface area (Å²) < 4.78 is 1.05. The fraction of sp³-hybridized carbons (Fsp3) is 0.357. The van der Waals surface area contributed by atoms with Crippen molar-refractivity contribution in [3.8, 4) is 0 Å². The number of carboxylic acid groups (broad SMARTS) is 1. The minimum atomic E-state index is -1.08. The average molecular weight is 402 g/mol. The lowest BCUT2D eigenvalue weighted by atomic mass is 10.0. The molecule has 0 saturated carbocycles. The Hall–Kier alpha value is -1.64. The molecule has 0 radical (unpaired) electrons. The van der Waals surface area contributed by atoms with Gasteiger partial charge in [-0.25, -0.2) is 4.79 Å². The van der Waals surface area contributed by atoms with E-state index in [2.05, 4.69) is 22.6 Å². The molecule has 0 aromatic heterocycles. The molecule has 1 fully saturated rings. The van der Waals surface area contributed by atoms with E-state index in [0.29, 0.717) is 0 Å². The monoisotopic (exact) mass is 402 g/mol. The van der Waals surface area contributed by atoms with Gasteiger partial charge in [0.1, 0.15) is 6.04 Å². The quantitative estimate of drug-likeness (QED) is 0.706. The molecule has 7 heteroatoms. The highest BCUT2D eigenvalue weighted by Crippen LogP contribution is 2.22. The Kier molecular flexibility index (Phi) is 4.81. The molecule has 1 aromatic rings. The predicted molar refractivity (Wildman–Crippen MR) is 83.3 cm³/mol. The van der Waals surface area contributed by atoms with Crippen molar-refractivity contribution >= 4 is 40.4 Å². The first kappa shape index (κ1) is 15.7. The molecular weight excluding hydrogens is 387 g/mol. The Morgan fingerprint density at radius 3 is 2.48 bits per heavy atom. The zero-order valence-corrected chi connectivity index (χ0v) is 13.3. The van der Waals surface area contributed by atoms with E-state index in [1.54, 1.807) is 0 Å². The standard InChI is InChI=1S/C14H15IN2O4/c15-10-3-1-8(2-4-10)5-11(14(20)21)17-7-9(13(16)19)6-12(17)18/h1-4,9,11H,5-7H2,(H2,16,19)(H,20,21)/t9?,11-/m0/s1. The number of nitrogens with zero attached hydrogens (tertiary/aromatic N) is 1. The van der Waals surface area contributed by atoms with E-state index >= 15 is 0 Å². The molecule has 1 heterocycles. The Morgan fingerprint density at radius 2 is 2.00 bits per heavy atom. The smallest absolute Gasteiger partial charge is 0.326 e. The number of benzene rings is 1. The van der Waals surface area contributed by atoms with Crippen LogP contribution < -0.4 is 5.73 Å². The van der Waals surface area contributed by atoms with Crippen molar-refractivity contribution in [2.75, 3.05) is 6.54 Å². The largest absolute Gasteiger partial charge is 0.480 e. The summed E-state index contributed by atoms with van der Waals surface area (Å²) in [6.45, 7) is 0.0789. The number of likely N-dealkylation sites (tertiary alicyclic amines) is 1. The summed E-state index contributed by atoms with van der Waals surface area (Å²) >= 11 is 2.16. The molecule has 1 aliphatic rings. The summed E-state index contributed by atoms with van der Waals surface area (Å²) in [5, 5.41) is 9.38. The molecule has 1 aromatic carbocycles. The molecular formula is C14H15IN2O4.